The summed E-state index contributed by atoms with van der Waals surface area (Å²) in [4.78, 5) is 2.42. The molecule has 13 rings (SSSR count). The topological polar surface area (TPSA) is 25.2 Å². The summed E-state index contributed by atoms with van der Waals surface area (Å²) >= 11 is 0. The van der Waals surface area contributed by atoms with E-state index >= 15 is 0 Å². The molecule has 0 fully saturated rings. The lowest BCUT2D eigenvalue weighted by Crippen LogP contribution is -2.10. The summed E-state index contributed by atoms with van der Waals surface area (Å²) < 4.78 is 11.7. The fourth-order valence-electron chi connectivity index (χ4n) is 9.85. The van der Waals surface area contributed by atoms with Crippen molar-refractivity contribution in [1.29, 1.82) is 0 Å². The van der Waals surface area contributed by atoms with Crippen LogP contribution >= 0.6 is 0 Å². The third-order valence-corrected chi connectivity index (χ3v) is 11.8. The minimum absolute atomic E-state index is 0.973. The van der Waals surface area contributed by atoms with Crippen molar-refractivity contribution >= 4 is 110 Å². The van der Waals surface area contributed by atoms with Crippen molar-refractivity contribution in [3.8, 4) is 0 Å². The maximum Gasteiger partial charge on any atom is 0.135 e. The summed E-state index contributed by atoms with van der Waals surface area (Å²) in [6.45, 7) is 0. The fraction of sp³-hybridized carbons (Fsp3) is 0.0417. The van der Waals surface area contributed by atoms with E-state index in [1.165, 1.54) is 92.8 Å². The number of hydrogen-bond donors (Lipinski definition) is 0. The molecule has 52 heavy (non-hydrogen) atoms. The van der Waals surface area contributed by atoms with Crippen LogP contribution in [-0.4, -0.2) is 8.80 Å². The van der Waals surface area contributed by atoms with Crippen LogP contribution in [0.15, 0.2) is 150 Å². The normalized spacial score (nSPS) is 13.5. The molecular weight excluding hydrogens is 635 g/mol. The fourth-order valence-corrected chi connectivity index (χ4v) is 9.85. The Morgan fingerprint density at radius 2 is 1.15 bits per heavy atom. The van der Waals surface area contributed by atoms with Crippen molar-refractivity contribution in [2.45, 2.75) is 12.8 Å². The van der Waals surface area contributed by atoms with E-state index in [2.05, 4.69) is 165 Å². The van der Waals surface area contributed by atoms with E-state index in [-0.39, 0.29) is 0 Å². The van der Waals surface area contributed by atoms with E-state index in [9.17, 15) is 0 Å². The summed E-state index contributed by atoms with van der Waals surface area (Å²) in [5.41, 5.74) is 13.3. The first-order chi connectivity index (χ1) is 25.8. The second-order valence-electron chi connectivity index (χ2n) is 14.3. The lowest BCUT2D eigenvalue weighted by atomic mass is 9.95. The molecule has 0 N–H and O–H groups in total. The van der Waals surface area contributed by atoms with E-state index in [4.69, 9.17) is 4.42 Å². The molecule has 0 unspecified atom stereocenters. The van der Waals surface area contributed by atoms with Gasteiger partial charge in [0, 0.05) is 65.4 Å². The Balaban J connectivity index is 1.29. The zero-order valence-corrected chi connectivity index (χ0v) is 28.1. The molecule has 5 heterocycles. The molecule has 12 aromatic rings. The zero-order chi connectivity index (χ0) is 33.7. The number of anilines is 3. The highest BCUT2D eigenvalue weighted by atomic mass is 16.3. The third kappa shape index (κ3) is 3.16. The Bertz CT molecular complexity index is 3410. The molecule has 5 aromatic heterocycles. The van der Waals surface area contributed by atoms with Gasteiger partial charge in [0.1, 0.15) is 11.3 Å². The Labute approximate surface area is 297 Å². The summed E-state index contributed by atoms with van der Waals surface area (Å²) in [6.07, 6.45) is 6.43. The number of aromatic nitrogens is 2. The Kier molecular flexibility index (Phi) is 4.94. The molecule has 4 nitrogen and oxygen atoms in total. The van der Waals surface area contributed by atoms with Gasteiger partial charge in [0.2, 0.25) is 0 Å². The van der Waals surface area contributed by atoms with Gasteiger partial charge in [-0.25, -0.2) is 0 Å². The van der Waals surface area contributed by atoms with Crippen LogP contribution in [0.4, 0.5) is 17.1 Å². The molecule has 4 heteroatoms. The molecule has 1 aliphatic rings. The Morgan fingerprint density at radius 1 is 0.481 bits per heavy atom. The monoisotopic (exact) mass is 663 g/mol. The molecule has 0 spiro atoms. The summed E-state index contributed by atoms with van der Waals surface area (Å²) in [7, 11) is 0. The van der Waals surface area contributed by atoms with Crippen molar-refractivity contribution in [1.82, 2.24) is 8.80 Å². The lowest BCUT2D eigenvalue weighted by molar-refractivity contribution is 0.595. The van der Waals surface area contributed by atoms with Gasteiger partial charge in [-0.2, -0.15) is 0 Å². The summed E-state index contributed by atoms with van der Waals surface area (Å²) in [5.74, 6) is 1.01. The van der Waals surface area contributed by atoms with E-state index in [0.717, 1.165) is 35.6 Å². The maximum absolute atomic E-state index is 6.58. The van der Waals surface area contributed by atoms with E-state index < -0.39 is 0 Å². The SMILES string of the molecule is C1=Cc2oc3ccc4c(c3c2CC1)c1c2c3ccc(N(c5ccccc5)c5ccccc5)c5c6ccccc6n(c2cc2c6ccccc6n4c21)c35. The number of hydrogen-bond acceptors (Lipinski definition) is 2. The van der Waals surface area contributed by atoms with Gasteiger partial charge in [0.25, 0.3) is 0 Å². The Morgan fingerprint density at radius 3 is 1.94 bits per heavy atom. The molecule has 0 amide bonds. The quantitative estimate of drug-likeness (QED) is 0.188. The third-order valence-electron chi connectivity index (χ3n) is 11.8. The van der Waals surface area contributed by atoms with Crippen LogP contribution in [0.3, 0.4) is 0 Å². The van der Waals surface area contributed by atoms with Crippen LogP contribution in [0.25, 0.3) is 93.2 Å². The first-order valence-electron chi connectivity index (χ1n) is 18.2. The number of aryl methyl sites for hydroxylation is 1. The second-order valence-corrected chi connectivity index (χ2v) is 14.3. The summed E-state index contributed by atoms with van der Waals surface area (Å²) in [6, 6.07) is 51.1. The molecule has 0 saturated heterocycles. The van der Waals surface area contributed by atoms with Gasteiger partial charge in [-0.3, -0.25) is 0 Å². The Hall–Kier alpha value is -6.78. The molecular formula is C48H29N3O. The highest BCUT2D eigenvalue weighted by Gasteiger charge is 2.30. The second kappa shape index (κ2) is 9.51. The average Bonchev–Trinajstić information content (AvgIpc) is 3.99. The van der Waals surface area contributed by atoms with Crippen molar-refractivity contribution < 1.29 is 4.42 Å². The van der Waals surface area contributed by atoms with Gasteiger partial charge in [-0.1, -0.05) is 84.9 Å². The van der Waals surface area contributed by atoms with Gasteiger partial charge in [0.15, 0.2) is 0 Å². The van der Waals surface area contributed by atoms with Crippen LogP contribution in [0.5, 0.6) is 0 Å². The van der Waals surface area contributed by atoms with Crippen LogP contribution in [0.1, 0.15) is 17.7 Å². The van der Waals surface area contributed by atoms with E-state index in [1.807, 2.05) is 0 Å². The highest BCUT2D eigenvalue weighted by Crippen LogP contribution is 2.52. The van der Waals surface area contributed by atoms with Crippen molar-refractivity contribution in [2.75, 3.05) is 4.90 Å². The number of fused-ring (bicyclic) bond motifs is 17. The smallest absolute Gasteiger partial charge is 0.135 e. The number of nitrogens with zero attached hydrogens (tertiary/aromatic N) is 3. The van der Waals surface area contributed by atoms with Gasteiger partial charge >= 0.3 is 0 Å². The minimum atomic E-state index is 0.973. The largest absolute Gasteiger partial charge is 0.456 e. The van der Waals surface area contributed by atoms with Gasteiger partial charge in [-0.05, 0) is 79.6 Å². The van der Waals surface area contributed by atoms with Crippen LogP contribution in [-0.2, 0) is 6.42 Å². The molecule has 7 aromatic carbocycles. The molecule has 242 valence electrons. The molecule has 0 saturated carbocycles. The molecule has 0 atom stereocenters. The molecule has 0 aliphatic heterocycles. The number of benzene rings is 7. The summed E-state index contributed by atoms with van der Waals surface area (Å²) in [5, 5.41) is 11.6. The van der Waals surface area contributed by atoms with Gasteiger partial charge < -0.3 is 18.1 Å². The van der Waals surface area contributed by atoms with Crippen LogP contribution in [0.2, 0.25) is 0 Å². The number of para-hydroxylation sites is 4. The standard InChI is InChI=1S/C48H29N3O/c1-3-13-28(14-4-1)49(29-15-5-2-6-16-29)37-24-23-33-42-39(51-36-21-11-8-18-31(36)43(37)47(33)51)27-34-30-17-7-10-20-35(30)50-38-25-26-41-44(45(38)46(42)48(34)50)32-19-9-12-22-40(32)52-41/h1-8,10-18,20-27H,9,19H2. The van der Waals surface area contributed by atoms with Crippen molar-refractivity contribution in [3.63, 3.8) is 0 Å². The number of allylic oxidation sites excluding steroid dienone is 1. The van der Waals surface area contributed by atoms with Crippen molar-refractivity contribution in [2.24, 2.45) is 0 Å². The molecule has 0 radical (unpaired) electrons. The predicted octanol–water partition coefficient (Wildman–Crippen LogP) is 13.2. The highest BCUT2D eigenvalue weighted by molar-refractivity contribution is 6.41. The number of furan rings is 1. The maximum atomic E-state index is 6.58. The van der Waals surface area contributed by atoms with Gasteiger partial charge in [-0.15, -0.1) is 0 Å². The lowest BCUT2D eigenvalue weighted by Gasteiger charge is -2.26. The first-order valence-corrected chi connectivity index (χ1v) is 18.2. The zero-order valence-electron chi connectivity index (χ0n) is 28.1. The first kappa shape index (κ1) is 27.0. The van der Waals surface area contributed by atoms with Crippen LogP contribution < -0.4 is 4.90 Å². The van der Waals surface area contributed by atoms with E-state index in [0.29, 0.717) is 0 Å². The van der Waals surface area contributed by atoms with Crippen molar-refractivity contribution in [3.05, 3.63) is 157 Å². The van der Waals surface area contributed by atoms with Gasteiger partial charge in [0.05, 0.1) is 38.8 Å². The number of rotatable bonds is 3. The minimum Gasteiger partial charge on any atom is -0.456 e. The average molecular weight is 664 g/mol. The van der Waals surface area contributed by atoms with Crippen LogP contribution in [0, 0.1) is 0 Å². The molecule has 1 aliphatic carbocycles. The van der Waals surface area contributed by atoms with E-state index in [1.54, 1.807) is 0 Å². The molecule has 0 bridgehead atoms. The predicted molar refractivity (Wildman–Crippen MR) is 218 cm³/mol.